The molecule has 1 aromatic carbocycles. The van der Waals surface area contributed by atoms with Crippen molar-refractivity contribution in [2.24, 2.45) is 0 Å². The average molecular weight is 317 g/mol. The van der Waals surface area contributed by atoms with E-state index in [1.54, 1.807) is 5.51 Å². The van der Waals surface area contributed by atoms with Crippen molar-refractivity contribution in [3.05, 3.63) is 39.8 Å². The first-order valence-electron chi connectivity index (χ1n) is 7.15. The minimum absolute atomic E-state index is 0.101. The Morgan fingerprint density at radius 3 is 2.95 bits per heavy atom. The molecule has 3 N–H and O–H groups in total. The Morgan fingerprint density at radius 2 is 2.27 bits per heavy atom. The third kappa shape index (κ3) is 2.78. The Labute approximate surface area is 133 Å². The van der Waals surface area contributed by atoms with E-state index in [9.17, 15) is 4.79 Å². The summed E-state index contributed by atoms with van der Waals surface area (Å²) in [6.07, 6.45) is 0.688. The van der Waals surface area contributed by atoms with Crippen molar-refractivity contribution < 1.29 is 9.53 Å². The first-order valence-corrected chi connectivity index (χ1v) is 8.03. The lowest BCUT2D eigenvalue weighted by Gasteiger charge is -2.38. The van der Waals surface area contributed by atoms with Crippen molar-refractivity contribution in [1.82, 2.24) is 10.3 Å². The standard InChI is InChI=1S/C16H19N3O2S/c1-9-14(22-8-18-9)15(20)19-12-7-16(2,3)21-13-5-4-10(17)6-11(12)13/h4-6,8,12H,7,17H2,1-3H3,(H,19,20). The number of carbonyl (C=O) groups is 1. The smallest absolute Gasteiger partial charge is 0.263 e. The van der Waals surface area contributed by atoms with Gasteiger partial charge in [0.1, 0.15) is 16.2 Å². The predicted octanol–water partition coefficient (Wildman–Crippen LogP) is 3.07. The average Bonchev–Trinajstić information content (AvgIpc) is 2.85. The highest BCUT2D eigenvalue weighted by atomic mass is 32.1. The number of hydrogen-bond acceptors (Lipinski definition) is 5. The summed E-state index contributed by atoms with van der Waals surface area (Å²) in [5.41, 5.74) is 9.57. The van der Waals surface area contributed by atoms with Gasteiger partial charge in [-0.3, -0.25) is 4.79 Å². The number of nitrogen functional groups attached to an aromatic ring is 1. The molecule has 3 rings (SSSR count). The zero-order valence-corrected chi connectivity index (χ0v) is 13.7. The first-order chi connectivity index (χ1) is 10.4. The van der Waals surface area contributed by atoms with Gasteiger partial charge >= 0.3 is 0 Å². The Kier molecular flexibility index (Phi) is 3.56. The number of carbonyl (C=O) groups excluding carboxylic acids is 1. The van der Waals surface area contributed by atoms with E-state index in [1.807, 2.05) is 39.0 Å². The van der Waals surface area contributed by atoms with Crippen LogP contribution in [-0.2, 0) is 0 Å². The maximum absolute atomic E-state index is 12.5. The maximum atomic E-state index is 12.5. The molecule has 116 valence electrons. The fourth-order valence-electron chi connectivity index (χ4n) is 2.75. The van der Waals surface area contributed by atoms with E-state index in [2.05, 4.69) is 10.3 Å². The van der Waals surface area contributed by atoms with E-state index in [1.165, 1.54) is 11.3 Å². The highest BCUT2D eigenvalue weighted by molar-refractivity contribution is 7.11. The van der Waals surface area contributed by atoms with E-state index in [0.717, 1.165) is 17.0 Å². The van der Waals surface area contributed by atoms with Crippen molar-refractivity contribution in [1.29, 1.82) is 0 Å². The molecule has 1 atom stereocenters. The Bertz CT molecular complexity index is 724. The number of nitrogens with one attached hydrogen (secondary N) is 1. The van der Waals surface area contributed by atoms with Crippen LogP contribution in [0.3, 0.4) is 0 Å². The van der Waals surface area contributed by atoms with Crippen molar-refractivity contribution in [3.63, 3.8) is 0 Å². The number of nitrogens with two attached hydrogens (primary N) is 1. The van der Waals surface area contributed by atoms with Gasteiger partial charge in [-0.05, 0) is 39.0 Å². The number of amides is 1. The van der Waals surface area contributed by atoms with Crippen LogP contribution in [0, 0.1) is 6.92 Å². The molecule has 1 aliphatic rings. The Balaban J connectivity index is 1.92. The molecule has 1 aromatic heterocycles. The summed E-state index contributed by atoms with van der Waals surface area (Å²) in [5.74, 6) is 0.674. The molecule has 0 spiro atoms. The van der Waals surface area contributed by atoms with Gasteiger partial charge in [0, 0.05) is 17.7 Å². The molecule has 2 heterocycles. The minimum Gasteiger partial charge on any atom is -0.487 e. The second kappa shape index (κ2) is 5.28. The number of aromatic nitrogens is 1. The molecule has 1 amide bonds. The molecule has 0 fully saturated rings. The lowest BCUT2D eigenvalue weighted by atomic mass is 9.89. The first kappa shape index (κ1) is 14.8. The summed E-state index contributed by atoms with van der Waals surface area (Å²) in [6.45, 7) is 5.87. The SMILES string of the molecule is Cc1ncsc1C(=O)NC1CC(C)(C)Oc2ccc(N)cc21. The second-order valence-corrected chi connectivity index (χ2v) is 7.01. The molecule has 0 saturated heterocycles. The van der Waals surface area contributed by atoms with Gasteiger partial charge < -0.3 is 15.8 Å². The van der Waals surface area contributed by atoms with Gasteiger partial charge in [0.25, 0.3) is 5.91 Å². The fourth-order valence-corrected chi connectivity index (χ4v) is 3.45. The zero-order valence-electron chi connectivity index (χ0n) is 12.8. The van der Waals surface area contributed by atoms with Gasteiger partial charge in [-0.15, -0.1) is 11.3 Å². The van der Waals surface area contributed by atoms with Gasteiger partial charge in [-0.25, -0.2) is 4.98 Å². The molecular formula is C16H19N3O2S. The van der Waals surface area contributed by atoms with Gasteiger partial charge in [0.05, 0.1) is 17.2 Å². The van der Waals surface area contributed by atoms with E-state index in [0.29, 0.717) is 17.0 Å². The highest BCUT2D eigenvalue weighted by Gasteiger charge is 2.35. The van der Waals surface area contributed by atoms with E-state index >= 15 is 0 Å². The monoisotopic (exact) mass is 317 g/mol. The van der Waals surface area contributed by atoms with E-state index < -0.39 is 0 Å². The van der Waals surface area contributed by atoms with Crippen LogP contribution in [0.5, 0.6) is 5.75 Å². The minimum atomic E-state index is -0.343. The van der Waals surface area contributed by atoms with Gasteiger partial charge in [0.2, 0.25) is 0 Å². The van der Waals surface area contributed by atoms with Gasteiger partial charge in [-0.1, -0.05) is 0 Å². The van der Waals surface area contributed by atoms with Crippen molar-refractivity contribution in [3.8, 4) is 5.75 Å². The summed E-state index contributed by atoms with van der Waals surface area (Å²) in [4.78, 5) is 17.3. The molecule has 1 unspecified atom stereocenters. The topological polar surface area (TPSA) is 77.2 Å². The van der Waals surface area contributed by atoms with Crippen LogP contribution in [0.25, 0.3) is 0 Å². The van der Waals surface area contributed by atoms with Crippen LogP contribution in [0.15, 0.2) is 23.7 Å². The van der Waals surface area contributed by atoms with Gasteiger partial charge in [-0.2, -0.15) is 0 Å². The van der Waals surface area contributed by atoms with Crippen molar-refractivity contribution in [2.75, 3.05) is 5.73 Å². The summed E-state index contributed by atoms with van der Waals surface area (Å²) in [6, 6.07) is 5.42. The Hall–Kier alpha value is -2.08. The number of thiazole rings is 1. The molecule has 0 saturated carbocycles. The number of aryl methyl sites for hydroxylation is 1. The molecule has 0 radical (unpaired) electrons. The number of hydrogen-bond donors (Lipinski definition) is 2. The molecule has 0 aliphatic carbocycles. The molecule has 5 nitrogen and oxygen atoms in total. The molecule has 0 bridgehead atoms. The lowest BCUT2D eigenvalue weighted by molar-refractivity contribution is 0.0621. The number of fused-ring (bicyclic) bond motifs is 1. The summed E-state index contributed by atoms with van der Waals surface area (Å²) in [5, 5.41) is 3.10. The second-order valence-electron chi connectivity index (χ2n) is 6.16. The number of anilines is 1. The summed E-state index contributed by atoms with van der Waals surface area (Å²) >= 11 is 1.35. The summed E-state index contributed by atoms with van der Waals surface area (Å²) < 4.78 is 5.98. The number of benzene rings is 1. The third-order valence-corrected chi connectivity index (χ3v) is 4.68. The van der Waals surface area contributed by atoms with Crippen LogP contribution in [0.1, 0.15) is 47.2 Å². The quantitative estimate of drug-likeness (QED) is 0.835. The number of ether oxygens (including phenoxy) is 1. The van der Waals surface area contributed by atoms with E-state index in [-0.39, 0.29) is 17.6 Å². The fraction of sp³-hybridized carbons (Fsp3) is 0.375. The third-order valence-electron chi connectivity index (χ3n) is 3.75. The summed E-state index contributed by atoms with van der Waals surface area (Å²) in [7, 11) is 0. The number of nitrogens with zero attached hydrogens (tertiary/aromatic N) is 1. The largest absolute Gasteiger partial charge is 0.487 e. The van der Waals surface area contributed by atoms with Gasteiger partial charge in [0.15, 0.2) is 0 Å². The molecular weight excluding hydrogens is 298 g/mol. The van der Waals surface area contributed by atoms with Crippen LogP contribution in [0.2, 0.25) is 0 Å². The molecule has 2 aromatic rings. The normalized spacial score (nSPS) is 19.1. The van der Waals surface area contributed by atoms with Crippen molar-refractivity contribution in [2.45, 2.75) is 38.8 Å². The zero-order chi connectivity index (χ0) is 15.9. The maximum Gasteiger partial charge on any atom is 0.263 e. The molecule has 22 heavy (non-hydrogen) atoms. The molecule has 6 heteroatoms. The van der Waals surface area contributed by atoms with Crippen LogP contribution in [-0.4, -0.2) is 16.5 Å². The van der Waals surface area contributed by atoms with Crippen LogP contribution in [0.4, 0.5) is 5.69 Å². The highest BCUT2D eigenvalue weighted by Crippen LogP contribution is 2.40. The Morgan fingerprint density at radius 1 is 1.50 bits per heavy atom. The number of rotatable bonds is 2. The van der Waals surface area contributed by atoms with Crippen molar-refractivity contribution >= 4 is 22.9 Å². The van der Waals surface area contributed by atoms with Crippen LogP contribution < -0.4 is 15.8 Å². The molecule has 1 aliphatic heterocycles. The lowest BCUT2D eigenvalue weighted by Crippen LogP contribution is -2.41. The predicted molar refractivity (Wildman–Crippen MR) is 87.2 cm³/mol. The van der Waals surface area contributed by atoms with Crippen LogP contribution >= 0.6 is 11.3 Å². The van der Waals surface area contributed by atoms with E-state index in [4.69, 9.17) is 10.5 Å².